The molecule has 1 fully saturated rings. The largest absolute Gasteiger partial charge is 0.398 e. The van der Waals surface area contributed by atoms with Crippen molar-refractivity contribution in [3.05, 3.63) is 29.1 Å². The molecule has 1 atom stereocenters. The Kier molecular flexibility index (Phi) is 3.80. The molecule has 0 saturated carbocycles. The van der Waals surface area contributed by atoms with E-state index in [1.165, 1.54) is 6.07 Å². The van der Waals surface area contributed by atoms with Gasteiger partial charge in [0, 0.05) is 40.9 Å². The first kappa shape index (κ1) is 13.2. The SMILES string of the molecule is Cc1c(N)cc(C(=O)N2CCSCC2C)cc1F. The fourth-order valence-corrected chi connectivity index (χ4v) is 3.03. The molecule has 1 amide bonds. The second-order valence-corrected chi connectivity index (χ2v) is 5.74. The molecule has 0 aliphatic carbocycles. The summed E-state index contributed by atoms with van der Waals surface area (Å²) in [5.41, 5.74) is 6.78. The van der Waals surface area contributed by atoms with Gasteiger partial charge in [-0.25, -0.2) is 4.39 Å². The highest BCUT2D eigenvalue weighted by Gasteiger charge is 2.25. The summed E-state index contributed by atoms with van der Waals surface area (Å²) in [6.07, 6.45) is 0. The van der Waals surface area contributed by atoms with Crippen LogP contribution in [0.3, 0.4) is 0 Å². The van der Waals surface area contributed by atoms with Crippen molar-refractivity contribution in [2.24, 2.45) is 0 Å². The summed E-state index contributed by atoms with van der Waals surface area (Å²) in [5.74, 6) is 1.31. The molecule has 1 aromatic carbocycles. The molecular weight excluding hydrogens is 251 g/mol. The van der Waals surface area contributed by atoms with Crippen LogP contribution in [0.5, 0.6) is 0 Å². The molecule has 1 heterocycles. The summed E-state index contributed by atoms with van der Waals surface area (Å²) < 4.78 is 13.6. The molecule has 98 valence electrons. The van der Waals surface area contributed by atoms with E-state index in [2.05, 4.69) is 0 Å². The Hall–Kier alpha value is -1.23. The Morgan fingerprint density at radius 2 is 2.28 bits per heavy atom. The molecule has 2 rings (SSSR count). The highest BCUT2D eigenvalue weighted by Crippen LogP contribution is 2.22. The number of amides is 1. The lowest BCUT2D eigenvalue weighted by Gasteiger charge is -2.33. The van der Waals surface area contributed by atoms with Gasteiger partial charge in [0.1, 0.15) is 5.82 Å². The molecule has 0 spiro atoms. The molecule has 0 bridgehead atoms. The third-order valence-electron chi connectivity index (χ3n) is 3.26. The molecule has 1 unspecified atom stereocenters. The van der Waals surface area contributed by atoms with Gasteiger partial charge in [0.25, 0.3) is 5.91 Å². The van der Waals surface area contributed by atoms with Gasteiger partial charge in [-0.3, -0.25) is 4.79 Å². The van der Waals surface area contributed by atoms with Crippen LogP contribution in [0, 0.1) is 12.7 Å². The molecule has 2 N–H and O–H groups in total. The average molecular weight is 268 g/mol. The van der Waals surface area contributed by atoms with Gasteiger partial charge in [-0.1, -0.05) is 0 Å². The van der Waals surface area contributed by atoms with Gasteiger partial charge in [-0.05, 0) is 26.0 Å². The lowest BCUT2D eigenvalue weighted by Crippen LogP contribution is -2.44. The van der Waals surface area contributed by atoms with E-state index in [0.717, 1.165) is 11.5 Å². The van der Waals surface area contributed by atoms with Gasteiger partial charge in [0.05, 0.1) is 0 Å². The molecule has 1 saturated heterocycles. The van der Waals surface area contributed by atoms with Crippen molar-refractivity contribution in [3.8, 4) is 0 Å². The van der Waals surface area contributed by atoms with E-state index in [1.54, 1.807) is 17.9 Å². The number of halogens is 1. The molecule has 18 heavy (non-hydrogen) atoms. The maximum absolute atomic E-state index is 13.6. The zero-order valence-electron chi connectivity index (χ0n) is 10.6. The number of carbonyl (C=O) groups is 1. The Morgan fingerprint density at radius 1 is 1.56 bits per heavy atom. The second-order valence-electron chi connectivity index (χ2n) is 4.59. The molecule has 1 aromatic rings. The van der Waals surface area contributed by atoms with Gasteiger partial charge < -0.3 is 10.6 Å². The summed E-state index contributed by atoms with van der Waals surface area (Å²) in [4.78, 5) is 14.1. The van der Waals surface area contributed by atoms with Crippen molar-refractivity contribution in [2.75, 3.05) is 23.8 Å². The first-order valence-electron chi connectivity index (χ1n) is 5.95. The van der Waals surface area contributed by atoms with E-state index < -0.39 is 5.82 Å². The van der Waals surface area contributed by atoms with Gasteiger partial charge in [0.2, 0.25) is 0 Å². The summed E-state index contributed by atoms with van der Waals surface area (Å²) >= 11 is 1.84. The standard InChI is InChI=1S/C13H17FN2OS/c1-8-7-18-4-3-16(8)13(17)10-5-11(14)9(2)12(15)6-10/h5-6,8H,3-4,7,15H2,1-2H3. The van der Waals surface area contributed by atoms with Gasteiger partial charge >= 0.3 is 0 Å². The molecule has 3 nitrogen and oxygen atoms in total. The molecule has 5 heteroatoms. The minimum Gasteiger partial charge on any atom is -0.398 e. The maximum atomic E-state index is 13.6. The first-order chi connectivity index (χ1) is 8.50. The smallest absolute Gasteiger partial charge is 0.254 e. The van der Waals surface area contributed by atoms with Gasteiger partial charge in [-0.15, -0.1) is 0 Å². The van der Waals surface area contributed by atoms with Crippen LogP contribution in [-0.4, -0.2) is 34.9 Å². The monoisotopic (exact) mass is 268 g/mol. The highest BCUT2D eigenvalue weighted by atomic mass is 32.2. The van der Waals surface area contributed by atoms with Gasteiger partial charge in [-0.2, -0.15) is 11.8 Å². The second kappa shape index (κ2) is 5.18. The minimum atomic E-state index is -0.419. The third kappa shape index (κ3) is 2.46. The van der Waals surface area contributed by atoms with E-state index >= 15 is 0 Å². The Morgan fingerprint density at radius 3 is 2.89 bits per heavy atom. The van der Waals surface area contributed by atoms with E-state index in [-0.39, 0.29) is 11.9 Å². The number of hydrogen-bond acceptors (Lipinski definition) is 3. The quantitative estimate of drug-likeness (QED) is 0.795. The molecular formula is C13H17FN2OS. The predicted molar refractivity (Wildman–Crippen MR) is 73.4 cm³/mol. The number of anilines is 1. The summed E-state index contributed by atoms with van der Waals surface area (Å²) in [6.45, 7) is 4.33. The van der Waals surface area contributed by atoms with Crippen molar-refractivity contribution < 1.29 is 9.18 Å². The fourth-order valence-electron chi connectivity index (χ4n) is 2.02. The summed E-state index contributed by atoms with van der Waals surface area (Å²) in [5, 5.41) is 0. The first-order valence-corrected chi connectivity index (χ1v) is 7.10. The number of benzene rings is 1. The van der Waals surface area contributed by atoms with Crippen LogP contribution in [-0.2, 0) is 0 Å². The number of rotatable bonds is 1. The van der Waals surface area contributed by atoms with E-state index in [0.29, 0.717) is 23.4 Å². The number of thioether (sulfide) groups is 1. The predicted octanol–water partition coefficient (Wildman–Crippen LogP) is 2.29. The number of carbonyl (C=O) groups excluding carboxylic acids is 1. The summed E-state index contributed by atoms with van der Waals surface area (Å²) in [6, 6.07) is 3.03. The Bertz CT molecular complexity index is 455. The van der Waals surface area contributed by atoms with Crippen molar-refractivity contribution in [1.82, 2.24) is 4.90 Å². The van der Waals surface area contributed by atoms with Crippen molar-refractivity contribution in [2.45, 2.75) is 19.9 Å². The van der Waals surface area contributed by atoms with Crippen LogP contribution in [0.15, 0.2) is 12.1 Å². The van der Waals surface area contributed by atoms with Crippen molar-refractivity contribution in [1.29, 1.82) is 0 Å². The Labute approximate surface area is 111 Å². The van der Waals surface area contributed by atoms with Crippen LogP contribution < -0.4 is 5.73 Å². The minimum absolute atomic E-state index is 0.131. The molecule has 1 aliphatic heterocycles. The lowest BCUT2D eigenvalue weighted by atomic mass is 10.1. The van der Waals surface area contributed by atoms with Gasteiger partial charge in [0.15, 0.2) is 0 Å². The zero-order valence-corrected chi connectivity index (χ0v) is 11.4. The van der Waals surface area contributed by atoms with Crippen LogP contribution in [0.4, 0.5) is 10.1 Å². The van der Waals surface area contributed by atoms with Crippen LogP contribution in [0.25, 0.3) is 0 Å². The lowest BCUT2D eigenvalue weighted by molar-refractivity contribution is 0.0715. The maximum Gasteiger partial charge on any atom is 0.254 e. The average Bonchev–Trinajstić information content (AvgIpc) is 2.35. The molecule has 0 radical (unpaired) electrons. The number of hydrogen-bond donors (Lipinski definition) is 1. The summed E-state index contributed by atoms with van der Waals surface area (Å²) in [7, 11) is 0. The topological polar surface area (TPSA) is 46.3 Å². The fraction of sp³-hybridized carbons (Fsp3) is 0.462. The normalized spacial score (nSPS) is 19.9. The Balaban J connectivity index is 2.28. The van der Waals surface area contributed by atoms with Crippen molar-refractivity contribution in [3.63, 3.8) is 0 Å². The van der Waals surface area contributed by atoms with Crippen LogP contribution in [0.2, 0.25) is 0 Å². The van der Waals surface area contributed by atoms with Crippen LogP contribution in [0.1, 0.15) is 22.8 Å². The zero-order chi connectivity index (χ0) is 13.3. The van der Waals surface area contributed by atoms with Crippen molar-refractivity contribution >= 4 is 23.4 Å². The molecule has 1 aliphatic rings. The number of nitrogen functional groups attached to an aromatic ring is 1. The molecule has 0 aromatic heterocycles. The van der Waals surface area contributed by atoms with Crippen LogP contribution >= 0.6 is 11.8 Å². The number of nitrogens with zero attached hydrogens (tertiary/aromatic N) is 1. The van der Waals surface area contributed by atoms with E-state index in [1.807, 2.05) is 18.7 Å². The highest BCUT2D eigenvalue weighted by molar-refractivity contribution is 7.99. The van der Waals surface area contributed by atoms with E-state index in [9.17, 15) is 9.18 Å². The van der Waals surface area contributed by atoms with E-state index in [4.69, 9.17) is 5.73 Å². The third-order valence-corrected chi connectivity index (χ3v) is 4.45. The number of nitrogens with two attached hydrogens (primary N) is 1.